The van der Waals surface area contributed by atoms with Crippen LogP contribution in [-0.4, -0.2) is 25.3 Å². The van der Waals surface area contributed by atoms with Gasteiger partial charge in [0.2, 0.25) is 0 Å². The van der Waals surface area contributed by atoms with Crippen LogP contribution >= 0.6 is 0 Å². The van der Waals surface area contributed by atoms with E-state index in [0.717, 1.165) is 17.2 Å². The van der Waals surface area contributed by atoms with Gasteiger partial charge < -0.3 is 20.3 Å². The predicted molar refractivity (Wildman–Crippen MR) is 68.0 cm³/mol. The van der Waals surface area contributed by atoms with Crippen LogP contribution in [0.1, 0.15) is 17.2 Å². The number of hydrogen-bond donors (Lipinski definition) is 2. The van der Waals surface area contributed by atoms with Crippen LogP contribution < -0.4 is 15.2 Å². The third-order valence-electron chi connectivity index (χ3n) is 2.56. The molecule has 18 heavy (non-hydrogen) atoms. The van der Waals surface area contributed by atoms with Crippen LogP contribution in [0.15, 0.2) is 24.3 Å². The zero-order chi connectivity index (χ0) is 13.7. The van der Waals surface area contributed by atoms with Gasteiger partial charge in [0.05, 0.1) is 20.3 Å². The highest BCUT2D eigenvalue weighted by Crippen LogP contribution is 2.32. The Bertz CT molecular complexity index is 468. The van der Waals surface area contributed by atoms with E-state index >= 15 is 0 Å². The second-order valence-electron chi connectivity index (χ2n) is 3.78. The Balaban J connectivity index is 3.18. The van der Waals surface area contributed by atoms with E-state index in [4.69, 9.17) is 20.3 Å². The van der Waals surface area contributed by atoms with Crippen LogP contribution in [-0.2, 0) is 4.79 Å². The van der Waals surface area contributed by atoms with Crippen LogP contribution in [0.4, 0.5) is 0 Å². The van der Waals surface area contributed by atoms with Gasteiger partial charge in [-0.2, -0.15) is 0 Å². The third kappa shape index (κ3) is 3.24. The van der Waals surface area contributed by atoms with Gasteiger partial charge in [0.1, 0.15) is 11.5 Å². The molecule has 0 saturated carbocycles. The highest BCUT2D eigenvalue weighted by molar-refractivity contribution is 5.79. The largest absolute Gasteiger partial charge is 0.497 e. The molecule has 0 bridgehead atoms. The Morgan fingerprint density at radius 2 is 2.06 bits per heavy atom. The lowest BCUT2D eigenvalue weighted by atomic mass is 9.99. The van der Waals surface area contributed by atoms with Gasteiger partial charge in [0.15, 0.2) is 0 Å². The van der Waals surface area contributed by atoms with Crippen LogP contribution in [0.25, 0.3) is 0 Å². The molecule has 0 saturated heterocycles. The predicted octanol–water partition coefficient (Wildman–Crippen LogP) is 1.65. The smallest absolute Gasteiger partial charge is 0.328 e. The van der Waals surface area contributed by atoms with E-state index in [2.05, 4.69) is 0 Å². The maximum absolute atomic E-state index is 10.5. The second kappa shape index (κ2) is 6.07. The number of aliphatic carboxylic acids is 1. The highest BCUT2D eigenvalue weighted by atomic mass is 16.5. The number of carboxylic acids is 1. The summed E-state index contributed by atoms with van der Waals surface area (Å²) in [5, 5.41) is 8.59. The van der Waals surface area contributed by atoms with Crippen molar-refractivity contribution in [2.45, 2.75) is 13.0 Å². The van der Waals surface area contributed by atoms with Gasteiger partial charge in [-0.05, 0) is 18.6 Å². The summed E-state index contributed by atoms with van der Waals surface area (Å²) >= 11 is 0. The molecular weight excluding hydrogens is 234 g/mol. The van der Waals surface area contributed by atoms with Gasteiger partial charge in [-0.3, -0.25) is 0 Å². The van der Waals surface area contributed by atoms with Crippen molar-refractivity contribution in [1.29, 1.82) is 0 Å². The zero-order valence-electron chi connectivity index (χ0n) is 10.6. The molecule has 3 N–H and O–H groups in total. The van der Waals surface area contributed by atoms with Crippen molar-refractivity contribution in [2.24, 2.45) is 5.73 Å². The molecular formula is C13H17NO4. The van der Waals surface area contributed by atoms with Gasteiger partial charge in [-0.1, -0.05) is 6.08 Å². The Hall–Kier alpha value is -2.01. The number of hydrogen-bond acceptors (Lipinski definition) is 4. The summed E-state index contributed by atoms with van der Waals surface area (Å²) in [7, 11) is 3.10. The van der Waals surface area contributed by atoms with Gasteiger partial charge in [-0.15, -0.1) is 0 Å². The molecule has 0 radical (unpaired) electrons. The number of nitrogens with two attached hydrogens (primary N) is 1. The van der Waals surface area contributed by atoms with Crippen molar-refractivity contribution in [3.8, 4) is 11.5 Å². The van der Waals surface area contributed by atoms with Crippen LogP contribution in [0.5, 0.6) is 11.5 Å². The molecule has 1 aromatic carbocycles. The summed E-state index contributed by atoms with van der Waals surface area (Å²) in [6.07, 6.45) is 2.44. The summed E-state index contributed by atoms with van der Waals surface area (Å²) in [4.78, 5) is 10.5. The van der Waals surface area contributed by atoms with Crippen molar-refractivity contribution in [3.05, 3.63) is 35.4 Å². The average Bonchev–Trinajstić information content (AvgIpc) is 2.34. The van der Waals surface area contributed by atoms with Crippen molar-refractivity contribution in [1.82, 2.24) is 0 Å². The Kier molecular flexibility index (Phi) is 4.74. The molecule has 5 nitrogen and oxygen atoms in total. The monoisotopic (exact) mass is 251 g/mol. The fourth-order valence-electron chi connectivity index (χ4n) is 1.73. The van der Waals surface area contributed by atoms with E-state index in [0.29, 0.717) is 11.5 Å². The van der Waals surface area contributed by atoms with Crippen LogP contribution in [0.3, 0.4) is 0 Å². The maximum atomic E-state index is 10.5. The second-order valence-corrected chi connectivity index (χ2v) is 3.78. The molecule has 0 aromatic heterocycles. The van der Waals surface area contributed by atoms with Crippen molar-refractivity contribution < 1.29 is 19.4 Å². The summed E-state index contributed by atoms with van der Waals surface area (Å²) in [6.45, 7) is 1.87. The quantitative estimate of drug-likeness (QED) is 0.778. The minimum absolute atomic E-state index is 0.540. The number of aryl methyl sites for hydroxylation is 1. The molecule has 1 aromatic rings. The molecule has 0 amide bonds. The van der Waals surface area contributed by atoms with E-state index in [1.165, 1.54) is 13.2 Å². The van der Waals surface area contributed by atoms with Gasteiger partial charge >= 0.3 is 5.97 Å². The first-order valence-electron chi connectivity index (χ1n) is 5.38. The molecule has 1 rings (SSSR count). The number of methoxy groups -OCH3 is 2. The molecule has 0 aliphatic rings. The van der Waals surface area contributed by atoms with E-state index in [1.54, 1.807) is 13.2 Å². The van der Waals surface area contributed by atoms with Gasteiger partial charge in [-0.25, -0.2) is 4.79 Å². The summed E-state index contributed by atoms with van der Waals surface area (Å²) in [5.74, 6) is 0.215. The summed E-state index contributed by atoms with van der Waals surface area (Å²) < 4.78 is 10.4. The minimum atomic E-state index is -1.03. The molecule has 0 aliphatic carbocycles. The number of rotatable bonds is 5. The minimum Gasteiger partial charge on any atom is -0.497 e. The van der Waals surface area contributed by atoms with E-state index < -0.39 is 12.0 Å². The van der Waals surface area contributed by atoms with E-state index in [1.807, 2.05) is 13.0 Å². The Morgan fingerprint density at radius 3 is 2.56 bits per heavy atom. The van der Waals surface area contributed by atoms with Crippen molar-refractivity contribution >= 4 is 5.97 Å². The first kappa shape index (κ1) is 14.1. The van der Waals surface area contributed by atoms with E-state index in [9.17, 15) is 4.79 Å². The summed E-state index contributed by atoms with van der Waals surface area (Å²) in [5.41, 5.74) is 7.57. The molecule has 0 fully saturated rings. The summed E-state index contributed by atoms with van der Waals surface area (Å²) in [6, 6.07) is 3.00. The third-order valence-corrected chi connectivity index (χ3v) is 2.56. The number of ether oxygens (including phenoxy) is 2. The number of carboxylic acid groups (broad SMARTS) is 1. The van der Waals surface area contributed by atoms with E-state index in [-0.39, 0.29) is 0 Å². The highest BCUT2D eigenvalue weighted by Gasteiger charge is 2.14. The van der Waals surface area contributed by atoms with Crippen molar-refractivity contribution in [2.75, 3.05) is 14.2 Å². The lowest BCUT2D eigenvalue weighted by Crippen LogP contribution is -2.11. The molecule has 5 heteroatoms. The lowest BCUT2D eigenvalue weighted by molar-refractivity contribution is -0.131. The van der Waals surface area contributed by atoms with Gasteiger partial charge in [0, 0.05) is 17.7 Å². The SMILES string of the molecule is COc1cc(C)c(C(N)/C=C/C(=O)O)c(OC)c1. The Morgan fingerprint density at radius 1 is 1.39 bits per heavy atom. The maximum Gasteiger partial charge on any atom is 0.328 e. The normalized spacial score (nSPS) is 12.4. The topological polar surface area (TPSA) is 81.8 Å². The standard InChI is InChI=1S/C13H17NO4/c1-8-6-9(17-2)7-11(18-3)13(8)10(14)4-5-12(15)16/h4-7,10H,14H2,1-3H3,(H,15,16)/b5-4+. The average molecular weight is 251 g/mol. The van der Waals surface area contributed by atoms with Crippen LogP contribution in [0.2, 0.25) is 0 Å². The number of benzene rings is 1. The fourth-order valence-corrected chi connectivity index (χ4v) is 1.73. The molecule has 0 spiro atoms. The Labute approximate surface area is 106 Å². The zero-order valence-corrected chi connectivity index (χ0v) is 10.6. The molecule has 98 valence electrons. The molecule has 0 aliphatic heterocycles. The first-order chi connectivity index (χ1) is 8.49. The van der Waals surface area contributed by atoms with Gasteiger partial charge in [0.25, 0.3) is 0 Å². The fraction of sp³-hybridized carbons (Fsp3) is 0.308. The molecule has 0 heterocycles. The first-order valence-corrected chi connectivity index (χ1v) is 5.38. The van der Waals surface area contributed by atoms with Crippen LogP contribution in [0, 0.1) is 6.92 Å². The molecule has 1 atom stereocenters. The van der Waals surface area contributed by atoms with Crippen molar-refractivity contribution in [3.63, 3.8) is 0 Å². The molecule has 1 unspecified atom stereocenters. The number of carbonyl (C=O) groups is 1. The lowest BCUT2D eigenvalue weighted by Gasteiger charge is -2.16.